The highest BCUT2D eigenvalue weighted by atomic mass is 35.5. The molecule has 0 unspecified atom stereocenters. The molecule has 100 valence electrons. The molecule has 0 radical (unpaired) electrons. The number of aryl methyl sites for hydroxylation is 1. The van der Waals surface area contributed by atoms with Crippen molar-refractivity contribution in [3.63, 3.8) is 0 Å². The van der Waals surface area contributed by atoms with Crippen molar-refractivity contribution in [2.45, 2.75) is 11.8 Å². The molecule has 0 fully saturated rings. The van der Waals surface area contributed by atoms with E-state index in [2.05, 4.69) is 0 Å². The van der Waals surface area contributed by atoms with E-state index in [4.69, 9.17) is 15.8 Å². The summed E-state index contributed by atoms with van der Waals surface area (Å²) in [6.45, 7) is 1.85. The SMILES string of the molecule is Cc1ccc(S(=O)(=O)Oc2cc(Cl)ccc2O)cc1. The maximum Gasteiger partial charge on any atom is 0.339 e. The van der Waals surface area contributed by atoms with Crippen LogP contribution in [0.4, 0.5) is 0 Å². The average Bonchev–Trinajstić information content (AvgIpc) is 2.34. The van der Waals surface area contributed by atoms with Crippen LogP contribution in [0.2, 0.25) is 5.02 Å². The molecule has 0 heterocycles. The lowest BCUT2D eigenvalue weighted by Gasteiger charge is -2.08. The molecule has 19 heavy (non-hydrogen) atoms. The minimum Gasteiger partial charge on any atom is -0.504 e. The molecule has 0 aromatic heterocycles. The Kier molecular flexibility index (Phi) is 3.68. The fourth-order valence-electron chi connectivity index (χ4n) is 1.43. The predicted octanol–water partition coefficient (Wildman–Crippen LogP) is 3.12. The van der Waals surface area contributed by atoms with Gasteiger partial charge in [0.15, 0.2) is 11.5 Å². The van der Waals surface area contributed by atoms with E-state index in [0.717, 1.165) is 5.56 Å². The summed E-state index contributed by atoms with van der Waals surface area (Å²) in [6.07, 6.45) is 0. The number of benzene rings is 2. The molecule has 0 amide bonds. The van der Waals surface area contributed by atoms with Crippen LogP contribution in [0.25, 0.3) is 0 Å². The van der Waals surface area contributed by atoms with Crippen molar-refractivity contribution in [3.8, 4) is 11.5 Å². The molecule has 6 heteroatoms. The molecule has 0 saturated carbocycles. The summed E-state index contributed by atoms with van der Waals surface area (Å²) in [7, 11) is -3.99. The third kappa shape index (κ3) is 3.19. The lowest BCUT2D eigenvalue weighted by molar-refractivity contribution is 0.428. The van der Waals surface area contributed by atoms with Gasteiger partial charge in [-0.15, -0.1) is 0 Å². The first-order valence-electron chi connectivity index (χ1n) is 5.38. The number of phenols is 1. The molecule has 0 saturated heterocycles. The number of aromatic hydroxyl groups is 1. The smallest absolute Gasteiger partial charge is 0.339 e. The molecule has 1 N–H and O–H groups in total. The van der Waals surface area contributed by atoms with Crippen molar-refractivity contribution in [1.29, 1.82) is 0 Å². The summed E-state index contributed by atoms with van der Waals surface area (Å²) in [4.78, 5) is 0.0116. The standard InChI is InChI=1S/C13H11ClO4S/c1-9-2-5-11(6-3-9)19(16,17)18-13-8-10(14)4-7-12(13)15/h2-8,15H,1H3. The van der Waals surface area contributed by atoms with E-state index in [1.54, 1.807) is 12.1 Å². The Morgan fingerprint density at radius 2 is 1.74 bits per heavy atom. The van der Waals surface area contributed by atoms with Crippen LogP contribution in [0.15, 0.2) is 47.4 Å². The molecule has 0 aliphatic rings. The van der Waals surface area contributed by atoms with E-state index in [9.17, 15) is 13.5 Å². The molecule has 0 atom stereocenters. The summed E-state index contributed by atoms with van der Waals surface area (Å²) in [5, 5.41) is 9.81. The van der Waals surface area contributed by atoms with Gasteiger partial charge in [0.2, 0.25) is 0 Å². The average molecular weight is 299 g/mol. The maximum atomic E-state index is 12.0. The minimum atomic E-state index is -3.99. The van der Waals surface area contributed by atoms with Crippen molar-refractivity contribution in [1.82, 2.24) is 0 Å². The lowest BCUT2D eigenvalue weighted by Crippen LogP contribution is -2.09. The highest BCUT2D eigenvalue weighted by molar-refractivity contribution is 7.87. The zero-order valence-electron chi connectivity index (χ0n) is 10.00. The van der Waals surface area contributed by atoms with Gasteiger partial charge in [-0.2, -0.15) is 8.42 Å². The van der Waals surface area contributed by atoms with E-state index >= 15 is 0 Å². The molecule has 0 bridgehead atoms. The number of rotatable bonds is 3. The molecule has 2 aromatic rings. The van der Waals surface area contributed by atoms with Crippen LogP contribution in [0, 0.1) is 6.92 Å². The van der Waals surface area contributed by atoms with Crippen LogP contribution in [0.5, 0.6) is 11.5 Å². The summed E-state index contributed by atoms with van der Waals surface area (Å²) in [5.74, 6) is -0.492. The van der Waals surface area contributed by atoms with Crippen LogP contribution in [-0.2, 0) is 10.1 Å². The monoisotopic (exact) mass is 298 g/mol. The fourth-order valence-corrected chi connectivity index (χ4v) is 2.52. The van der Waals surface area contributed by atoms with Crippen LogP contribution < -0.4 is 4.18 Å². The van der Waals surface area contributed by atoms with Crippen LogP contribution >= 0.6 is 11.6 Å². The fraction of sp³-hybridized carbons (Fsp3) is 0.0769. The summed E-state index contributed by atoms with van der Waals surface area (Å²) in [5.41, 5.74) is 0.935. The van der Waals surface area contributed by atoms with Crippen molar-refractivity contribution in [2.75, 3.05) is 0 Å². The highest BCUT2D eigenvalue weighted by Crippen LogP contribution is 2.31. The molecule has 2 rings (SSSR count). The van der Waals surface area contributed by atoms with Crippen LogP contribution in [0.3, 0.4) is 0 Å². The predicted molar refractivity (Wildman–Crippen MR) is 72.1 cm³/mol. The van der Waals surface area contributed by atoms with Crippen molar-refractivity contribution >= 4 is 21.7 Å². The molecule has 2 aromatic carbocycles. The molecule has 4 nitrogen and oxygen atoms in total. The first-order valence-corrected chi connectivity index (χ1v) is 7.17. The Hall–Kier alpha value is -1.72. The Bertz CT molecular complexity index is 693. The Morgan fingerprint density at radius 1 is 1.11 bits per heavy atom. The zero-order chi connectivity index (χ0) is 14.0. The normalized spacial score (nSPS) is 11.3. The second-order valence-corrected chi connectivity index (χ2v) is 5.95. The molecular formula is C13H11ClO4S. The molecule has 0 spiro atoms. The van der Waals surface area contributed by atoms with Crippen molar-refractivity contribution in [2.24, 2.45) is 0 Å². The number of hydrogen-bond acceptors (Lipinski definition) is 4. The van der Waals surface area contributed by atoms with Gasteiger partial charge in [-0.3, -0.25) is 0 Å². The number of hydrogen-bond donors (Lipinski definition) is 1. The Morgan fingerprint density at radius 3 is 2.37 bits per heavy atom. The number of halogens is 1. The van der Waals surface area contributed by atoms with Gasteiger partial charge in [-0.05, 0) is 31.2 Å². The first-order chi connectivity index (χ1) is 8.88. The van der Waals surface area contributed by atoms with Gasteiger partial charge in [0.25, 0.3) is 0 Å². The van der Waals surface area contributed by atoms with E-state index in [0.29, 0.717) is 0 Å². The van der Waals surface area contributed by atoms with E-state index < -0.39 is 10.1 Å². The quantitative estimate of drug-likeness (QED) is 0.884. The van der Waals surface area contributed by atoms with Gasteiger partial charge in [-0.25, -0.2) is 0 Å². The van der Waals surface area contributed by atoms with E-state index in [1.807, 2.05) is 6.92 Å². The van der Waals surface area contributed by atoms with Crippen LogP contribution in [0.1, 0.15) is 5.56 Å². The van der Waals surface area contributed by atoms with Gasteiger partial charge in [0.1, 0.15) is 4.90 Å². The van der Waals surface area contributed by atoms with Crippen molar-refractivity contribution in [3.05, 3.63) is 53.1 Å². The Labute approximate surface area is 116 Å². The second-order valence-electron chi connectivity index (χ2n) is 3.96. The van der Waals surface area contributed by atoms with Crippen LogP contribution in [-0.4, -0.2) is 13.5 Å². The molecular weight excluding hydrogens is 288 g/mol. The zero-order valence-corrected chi connectivity index (χ0v) is 11.6. The summed E-state index contributed by atoms with van der Waals surface area (Å²) in [6, 6.07) is 10.1. The third-order valence-electron chi connectivity index (χ3n) is 2.43. The van der Waals surface area contributed by atoms with Gasteiger partial charge < -0.3 is 9.29 Å². The largest absolute Gasteiger partial charge is 0.504 e. The highest BCUT2D eigenvalue weighted by Gasteiger charge is 2.18. The molecule has 0 aliphatic heterocycles. The lowest BCUT2D eigenvalue weighted by atomic mass is 10.2. The van der Waals surface area contributed by atoms with E-state index in [-0.39, 0.29) is 21.4 Å². The summed E-state index contributed by atoms with van der Waals surface area (Å²) < 4.78 is 28.9. The topological polar surface area (TPSA) is 63.6 Å². The number of phenolic OH excluding ortho intramolecular Hbond substituents is 1. The van der Waals surface area contributed by atoms with Gasteiger partial charge in [0, 0.05) is 11.1 Å². The third-order valence-corrected chi connectivity index (χ3v) is 3.91. The minimum absolute atomic E-state index is 0.0116. The second kappa shape index (κ2) is 5.11. The van der Waals surface area contributed by atoms with Gasteiger partial charge in [-0.1, -0.05) is 29.3 Å². The maximum absolute atomic E-state index is 12.0. The van der Waals surface area contributed by atoms with Gasteiger partial charge >= 0.3 is 10.1 Å². The first kappa shape index (κ1) is 13.7. The summed E-state index contributed by atoms with van der Waals surface area (Å²) >= 11 is 5.73. The Balaban J connectivity index is 2.36. The molecule has 0 aliphatic carbocycles. The van der Waals surface area contributed by atoms with Gasteiger partial charge in [0.05, 0.1) is 0 Å². The van der Waals surface area contributed by atoms with Crippen molar-refractivity contribution < 1.29 is 17.7 Å². The van der Waals surface area contributed by atoms with E-state index in [1.165, 1.54) is 30.3 Å².